The molecule has 1 aromatic carbocycles. The molecule has 0 saturated heterocycles. The van der Waals surface area contributed by atoms with Crippen LogP contribution in [0.3, 0.4) is 0 Å². The average Bonchev–Trinajstić information content (AvgIpc) is 2.36. The monoisotopic (exact) mass is 274 g/mol. The van der Waals surface area contributed by atoms with Crippen molar-refractivity contribution in [3.8, 4) is 5.75 Å². The van der Waals surface area contributed by atoms with Gasteiger partial charge in [0.05, 0.1) is 5.69 Å². The van der Waals surface area contributed by atoms with E-state index in [1.807, 2.05) is 19.1 Å². The van der Waals surface area contributed by atoms with E-state index in [0.717, 1.165) is 30.6 Å². The number of anilines is 2. The number of carbonyl (C=O) groups is 2. The van der Waals surface area contributed by atoms with Gasteiger partial charge >= 0.3 is 0 Å². The van der Waals surface area contributed by atoms with Crippen LogP contribution in [0.25, 0.3) is 0 Å². The van der Waals surface area contributed by atoms with Crippen LogP contribution in [-0.2, 0) is 9.59 Å². The highest BCUT2D eigenvalue weighted by molar-refractivity contribution is 5.99. The first kappa shape index (κ1) is 13.0. The molecule has 5 heteroatoms. The van der Waals surface area contributed by atoms with E-state index < -0.39 is 0 Å². The SMILES string of the molecule is CCN1C(=O)COc2ccc(NC(=O)C3CCC3)cc21. The maximum atomic E-state index is 12.0. The predicted molar refractivity (Wildman–Crippen MR) is 75.9 cm³/mol. The number of carbonyl (C=O) groups excluding carboxylic acids is 2. The van der Waals surface area contributed by atoms with Gasteiger partial charge in [-0.25, -0.2) is 0 Å². The maximum Gasteiger partial charge on any atom is 0.265 e. The molecule has 0 spiro atoms. The molecule has 5 nitrogen and oxygen atoms in total. The zero-order chi connectivity index (χ0) is 14.1. The fourth-order valence-corrected chi connectivity index (χ4v) is 2.54. The molecule has 1 heterocycles. The highest BCUT2D eigenvalue weighted by Crippen LogP contribution is 2.35. The number of hydrogen-bond donors (Lipinski definition) is 1. The maximum absolute atomic E-state index is 12.0. The molecule has 3 rings (SSSR count). The van der Waals surface area contributed by atoms with Gasteiger partial charge in [0.1, 0.15) is 5.75 Å². The van der Waals surface area contributed by atoms with Crippen LogP contribution in [0.4, 0.5) is 11.4 Å². The largest absolute Gasteiger partial charge is 0.482 e. The van der Waals surface area contributed by atoms with Crippen molar-refractivity contribution in [3.05, 3.63) is 18.2 Å². The van der Waals surface area contributed by atoms with Crippen LogP contribution in [0, 0.1) is 5.92 Å². The zero-order valence-corrected chi connectivity index (χ0v) is 11.5. The number of nitrogens with one attached hydrogen (secondary N) is 1. The van der Waals surface area contributed by atoms with E-state index in [0.29, 0.717) is 12.3 Å². The molecule has 0 bridgehead atoms. The molecule has 1 N–H and O–H groups in total. The standard InChI is InChI=1S/C15H18N2O3/c1-2-17-12-8-11(16-15(19)10-4-3-5-10)6-7-13(12)20-9-14(17)18/h6-8,10H,2-5,9H2,1H3,(H,16,19). The molecule has 1 aromatic rings. The van der Waals surface area contributed by atoms with E-state index in [-0.39, 0.29) is 24.3 Å². The lowest BCUT2D eigenvalue weighted by Gasteiger charge is -2.29. The summed E-state index contributed by atoms with van der Waals surface area (Å²) in [5.74, 6) is 0.851. The first-order valence-electron chi connectivity index (χ1n) is 7.07. The predicted octanol–water partition coefficient (Wildman–Crippen LogP) is 2.17. The minimum absolute atomic E-state index is 0.0533. The number of amides is 2. The summed E-state index contributed by atoms with van der Waals surface area (Å²) < 4.78 is 5.40. The van der Waals surface area contributed by atoms with Crippen LogP contribution < -0.4 is 15.0 Å². The highest BCUT2D eigenvalue weighted by Gasteiger charge is 2.27. The summed E-state index contributed by atoms with van der Waals surface area (Å²) in [5.41, 5.74) is 1.45. The van der Waals surface area contributed by atoms with Crippen molar-refractivity contribution < 1.29 is 14.3 Å². The van der Waals surface area contributed by atoms with E-state index in [4.69, 9.17) is 4.74 Å². The molecule has 1 aliphatic carbocycles. The topological polar surface area (TPSA) is 58.6 Å². The Morgan fingerprint density at radius 3 is 2.90 bits per heavy atom. The fraction of sp³-hybridized carbons (Fsp3) is 0.467. The normalized spacial score (nSPS) is 18.1. The van der Waals surface area contributed by atoms with Gasteiger partial charge in [0.2, 0.25) is 5.91 Å². The molecule has 0 atom stereocenters. The molecule has 20 heavy (non-hydrogen) atoms. The number of rotatable bonds is 3. The van der Waals surface area contributed by atoms with Gasteiger partial charge < -0.3 is 15.0 Å². The summed E-state index contributed by atoms with van der Waals surface area (Å²) in [6.07, 6.45) is 3.08. The molecule has 0 radical (unpaired) electrons. The van der Waals surface area contributed by atoms with Crippen molar-refractivity contribution in [2.75, 3.05) is 23.4 Å². The first-order valence-corrected chi connectivity index (χ1v) is 7.07. The minimum Gasteiger partial charge on any atom is -0.482 e. The molecular formula is C15H18N2O3. The highest BCUT2D eigenvalue weighted by atomic mass is 16.5. The van der Waals surface area contributed by atoms with Gasteiger partial charge in [0, 0.05) is 18.2 Å². The molecule has 106 valence electrons. The van der Waals surface area contributed by atoms with Gasteiger partial charge in [-0.3, -0.25) is 9.59 Å². The Balaban J connectivity index is 1.82. The van der Waals surface area contributed by atoms with Crippen LogP contribution in [0.15, 0.2) is 18.2 Å². The lowest BCUT2D eigenvalue weighted by atomic mass is 9.85. The fourth-order valence-electron chi connectivity index (χ4n) is 2.54. The Bertz CT molecular complexity index is 552. The minimum atomic E-state index is -0.0533. The molecule has 1 saturated carbocycles. The van der Waals surface area contributed by atoms with E-state index >= 15 is 0 Å². The third-order valence-electron chi connectivity index (χ3n) is 3.96. The smallest absolute Gasteiger partial charge is 0.265 e. The van der Waals surface area contributed by atoms with Crippen molar-refractivity contribution in [2.45, 2.75) is 26.2 Å². The van der Waals surface area contributed by atoms with E-state index in [1.54, 1.807) is 11.0 Å². The second-order valence-corrected chi connectivity index (χ2v) is 5.23. The molecular weight excluding hydrogens is 256 g/mol. The van der Waals surface area contributed by atoms with Crippen molar-refractivity contribution in [1.82, 2.24) is 0 Å². The van der Waals surface area contributed by atoms with Crippen LogP contribution in [0.1, 0.15) is 26.2 Å². The summed E-state index contributed by atoms with van der Waals surface area (Å²) >= 11 is 0. The number of nitrogens with zero attached hydrogens (tertiary/aromatic N) is 1. The third kappa shape index (κ3) is 2.24. The third-order valence-corrected chi connectivity index (χ3v) is 3.96. The molecule has 1 fully saturated rings. The van der Waals surface area contributed by atoms with Crippen LogP contribution in [0.2, 0.25) is 0 Å². The number of hydrogen-bond acceptors (Lipinski definition) is 3. The Kier molecular flexibility index (Phi) is 3.34. The van der Waals surface area contributed by atoms with Crippen LogP contribution in [0.5, 0.6) is 5.75 Å². The summed E-state index contributed by atoms with van der Waals surface area (Å²) in [6.45, 7) is 2.59. The molecule has 0 unspecified atom stereocenters. The number of benzene rings is 1. The lowest BCUT2D eigenvalue weighted by Crippen LogP contribution is -2.38. The lowest BCUT2D eigenvalue weighted by molar-refractivity contribution is -0.122. The van der Waals surface area contributed by atoms with Crippen LogP contribution in [-0.4, -0.2) is 25.0 Å². The van der Waals surface area contributed by atoms with Crippen molar-refractivity contribution in [1.29, 1.82) is 0 Å². The van der Waals surface area contributed by atoms with Gasteiger partial charge in [-0.1, -0.05) is 6.42 Å². The molecule has 0 aromatic heterocycles. The van der Waals surface area contributed by atoms with Crippen LogP contribution >= 0.6 is 0 Å². The van der Waals surface area contributed by atoms with Crippen molar-refractivity contribution in [3.63, 3.8) is 0 Å². The van der Waals surface area contributed by atoms with Crippen molar-refractivity contribution >= 4 is 23.2 Å². The van der Waals surface area contributed by atoms with Gasteiger partial charge in [0.25, 0.3) is 5.91 Å². The number of likely N-dealkylation sites (N-methyl/N-ethyl adjacent to an activating group) is 1. The first-order chi connectivity index (χ1) is 9.69. The number of ether oxygens (including phenoxy) is 1. The van der Waals surface area contributed by atoms with Gasteiger partial charge in [-0.15, -0.1) is 0 Å². The second kappa shape index (κ2) is 5.15. The summed E-state index contributed by atoms with van der Waals surface area (Å²) in [6, 6.07) is 5.44. The van der Waals surface area contributed by atoms with Gasteiger partial charge in [-0.2, -0.15) is 0 Å². The Morgan fingerprint density at radius 2 is 2.25 bits per heavy atom. The second-order valence-electron chi connectivity index (χ2n) is 5.23. The van der Waals surface area contributed by atoms with E-state index in [9.17, 15) is 9.59 Å². The molecule has 2 aliphatic rings. The van der Waals surface area contributed by atoms with Crippen molar-refractivity contribution in [2.24, 2.45) is 5.92 Å². The van der Waals surface area contributed by atoms with Gasteiger partial charge in [0.15, 0.2) is 6.61 Å². The Morgan fingerprint density at radius 1 is 1.45 bits per heavy atom. The average molecular weight is 274 g/mol. The Labute approximate surface area is 117 Å². The quantitative estimate of drug-likeness (QED) is 0.919. The summed E-state index contributed by atoms with van der Waals surface area (Å²) in [5, 5.41) is 2.92. The van der Waals surface area contributed by atoms with E-state index in [1.165, 1.54) is 0 Å². The van der Waals surface area contributed by atoms with Gasteiger partial charge in [-0.05, 0) is 38.0 Å². The number of fused-ring (bicyclic) bond motifs is 1. The summed E-state index contributed by atoms with van der Waals surface area (Å²) in [7, 11) is 0. The Hall–Kier alpha value is -2.04. The summed E-state index contributed by atoms with van der Waals surface area (Å²) in [4.78, 5) is 25.4. The molecule has 1 aliphatic heterocycles. The van der Waals surface area contributed by atoms with E-state index in [2.05, 4.69) is 5.32 Å². The zero-order valence-electron chi connectivity index (χ0n) is 11.5. The molecule has 2 amide bonds.